The highest BCUT2D eigenvalue weighted by Crippen LogP contribution is 2.24. The molecule has 2 N–H and O–H groups in total. The third-order valence-corrected chi connectivity index (χ3v) is 3.84. The summed E-state index contributed by atoms with van der Waals surface area (Å²) in [6.07, 6.45) is 1.17. The van der Waals surface area contributed by atoms with Crippen LogP contribution in [0.1, 0.15) is 32.4 Å². The van der Waals surface area contributed by atoms with E-state index in [1.165, 1.54) is 6.26 Å². The van der Waals surface area contributed by atoms with Crippen LogP contribution < -0.4 is 14.8 Å². The van der Waals surface area contributed by atoms with Gasteiger partial charge in [0.05, 0.1) is 13.4 Å². The highest BCUT2D eigenvalue weighted by atomic mass is 32.2. The Morgan fingerprint density at radius 1 is 1.30 bits per heavy atom. The quantitative estimate of drug-likeness (QED) is 0.804. The number of hydrogen-bond donors (Lipinski definition) is 2. The first-order chi connectivity index (χ1) is 9.14. The predicted molar refractivity (Wildman–Crippen MR) is 81.5 cm³/mol. The molecular formula is C14H24N2O3S. The molecule has 20 heavy (non-hydrogen) atoms. The van der Waals surface area contributed by atoms with Gasteiger partial charge in [-0.3, -0.25) is 0 Å². The fourth-order valence-electron chi connectivity index (χ4n) is 2.08. The Balaban J connectivity index is 2.69. The van der Waals surface area contributed by atoms with Gasteiger partial charge in [0.25, 0.3) is 0 Å². The largest absolute Gasteiger partial charge is 0.496 e. The molecule has 0 heterocycles. The fraction of sp³-hybridized carbons (Fsp3) is 0.571. The first-order valence-corrected chi connectivity index (χ1v) is 8.39. The van der Waals surface area contributed by atoms with Gasteiger partial charge in [-0.1, -0.05) is 18.2 Å². The van der Waals surface area contributed by atoms with Crippen molar-refractivity contribution in [1.29, 1.82) is 0 Å². The third-order valence-electron chi connectivity index (χ3n) is 2.92. The van der Waals surface area contributed by atoms with Crippen LogP contribution in [0.25, 0.3) is 0 Å². The summed E-state index contributed by atoms with van der Waals surface area (Å²) in [5.41, 5.74) is 0.495. The number of benzene rings is 1. The lowest BCUT2D eigenvalue weighted by Crippen LogP contribution is -2.50. The third kappa shape index (κ3) is 5.48. The summed E-state index contributed by atoms with van der Waals surface area (Å²) in [4.78, 5) is 0. The van der Waals surface area contributed by atoms with E-state index in [1.807, 2.05) is 45.0 Å². The molecule has 1 unspecified atom stereocenters. The van der Waals surface area contributed by atoms with Gasteiger partial charge in [0.2, 0.25) is 10.0 Å². The van der Waals surface area contributed by atoms with Gasteiger partial charge in [-0.25, -0.2) is 13.1 Å². The summed E-state index contributed by atoms with van der Waals surface area (Å²) >= 11 is 0. The van der Waals surface area contributed by atoms with Crippen LogP contribution in [-0.4, -0.2) is 33.9 Å². The SMILES string of the molecule is COc1ccccc1C(C)NCC(C)(C)NS(C)(=O)=O. The lowest BCUT2D eigenvalue weighted by atomic mass is 10.0. The van der Waals surface area contributed by atoms with Gasteiger partial charge < -0.3 is 10.1 Å². The van der Waals surface area contributed by atoms with Crippen molar-refractivity contribution in [2.45, 2.75) is 32.4 Å². The van der Waals surface area contributed by atoms with Gasteiger partial charge in [-0.05, 0) is 26.8 Å². The average Bonchev–Trinajstić information content (AvgIpc) is 2.33. The maximum atomic E-state index is 11.3. The van der Waals surface area contributed by atoms with Crippen LogP contribution in [0, 0.1) is 0 Å². The molecule has 114 valence electrons. The Morgan fingerprint density at radius 2 is 1.90 bits per heavy atom. The standard InChI is InChI=1S/C14H24N2O3S/c1-11(12-8-6-7-9-13(12)19-4)15-10-14(2,3)16-20(5,17)18/h6-9,11,15-16H,10H2,1-5H3. The monoisotopic (exact) mass is 300 g/mol. The second-order valence-electron chi connectivity index (χ2n) is 5.60. The molecule has 1 atom stereocenters. The minimum atomic E-state index is -3.22. The Hall–Kier alpha value is -1.11. The van der Waals surface area contributed by atoms with Crippen molar-refractivity contribution >= 4 is 10.0 Å². The van der Waals surface area contributed by atoms with E-state index in [1.54, 1.807) is 7.11 Å². The molecule has 1 aromatic carbocycles. The molecule has 0 aliphatic carbocycles. The lowest BCUT2D eigenvalue weighted by molar-refractivity contribution is 0.380. The number of para-hydroxylation sites is 1. The molecule has 0 spiro atoms. The van der Waals surface area contributed by atoms with Crippen LogP contribution in [-0.2, 0) is 10.0 Å². The summed E-state index contributed by atoms with van der Waals surface area (Å²) in [5.74, 6) is 0.821. The molecule has 1 aromatic rings. The van der Waals surface area contributed by atoms with E-state index in [0.717, 1.165) is 11.3 Å². The van der Waals surface area contributed by atoms with Gasteiger partial charge in [-0.2, -0.15) is 0 Å². The van der Waals surface area contributed by atoms with Crippen molar-refractivity contribution in [3.63, 3.8) is 0 Å². The summed E-state index contributed by atoms with van der Waals surface area (Å²) in [7, 11) is -1.58. The van der Waals surface area contributed by atoms with Crippen molar-refractivity contribution in [3.8, 4) is 5.75 Å². The van der Waals surface area contributed by atoms with E-state index in [9.17, 15) is 8.42 Å². The van der Waals surface area contributed by atoms with E-state index in [0.29, 0.717) is 6.54 Å². The average molecular weight is 300 g/mol. The lowest BCUT2D eigenvalue weighted by Gasteiger charge is -2.28. The Morgan fingerprint density at radius 3 is 2.45 bits per heavy atom. The zero-order valence-corrected chi connectivity index (χ0v) is 13.5. The number of methoxy groups -OCH3 is 1. The number of ether oxygens (including phenoxy) is 1. The fourth-order valence-corrected chi connectivity index (χ4v) is 3.16. The van der Waals surface area contributed by atoms with Crippen LogP contribution in [0.2, 0.25) is 0 Å². The molecule has 0 bridgehead atoms. The second kappa shape index (κ2) is 6.56. The van der Waals surface area contributed by atoms with Crippen molar-refractivity contribution in [2.75, 3.05) is 19.9 Å². The van der Waals surface area contributed by atoms with Gasteiger partial charge in [0, 0.05) is 23.7 Å². The zero-order valence-electron chi connectivity index (χ0n) is 12.7. The topological polar surface area (TPSA) is 67.4 Å². The summed E-state index contributed by atoms with van der Waals surface area (Å²) in [6, 6.07) is 7.84. The van der Waals surface area contributed by atoms with Gasteiger partial charge in [-0.15, -0.1) is 0 Å². The molecule has 0 amide bonds. The zero-order chi connectivity index (χ0) is 15.4. The Labute approximate surface area is 121 Å². The molecule has 0 saturated heterocycles. The van der Waals surface area contributed by atoms with Crippen molar-refractivity contribution in [1.82, 2.24) is 10.0 Å². The van der Waals surface area contributed by atoms with Crippen LogP contribution >= 0.6 is 0 Å². The van der Waals surface area contributed by atoms with Crippen LogP contribution in [0.3, 0.4) is 0 Å². The van der Waals surface area contributed by atoms with Crippen LogP contribution in [0.15, 0.2) is 24.3 Å². The molecule has 0 aromatic heterocycles. The predicted octanol–water partition coefficient (Wildman–Crippen LogP) is 1.67. The summed E-state index contributed by atoms with van der Waals surface area (Å²) in [6.45, 7) is 6.22. The van der Waals surface area contributed by atoms with Crippen LogP contribution in [0.5, 0.6) is 5.75 Å². The second-order valence-corrected chi connectivity index (χ2v) is 7.35. The van der Waals surface area contributed by atoms with Gasteiger partial charge in [0.15, 0.2) is 0 Å². The minimum Gasteiger partial charge on any atom is -0.496 e. The number of hydrogen-bond acceptors (Lipinski definition) is 4. The highest BCUT2D eigenvalue weighted by molar-refractivity contribution is 7.88. The molecule has 1 rings (SSSR count). The van der Waals surface area contributed by atoms with E-state index in [2.05, 4.69) is 10.0 Å². The van der Waals surface area contributed by atoms with Gasteiger partial charge in [0.1, 0.15) is 5.75 Å². The molecule has 0 saturated carbocycles. The smallest absolute Gasteiger partial charge is 0.209 e. The molecular weight excluding hydrogens is 276 g/mol. The first-order valence-electron chi connectivity index (χ1n) is 6.50. The number of sulfonamides is 1. The first kappa shape index (κ1) is 16.9. The molecule has 0 fully saturated rings. The maximum Gasteiger partial charge on any atom is 0.209 e. The highest BCUT2D eigenvalue weighted by Gasteiger charge is 2.23. The number of rotatable bonds is 7. The number of nitrogens with one attached hydrogen (secondary N) is 2. The van der Waals surface area contributed by atoms with E-state index in [4.69, 9.17) is 4.74 Å². The maximum absolute atomic E-state index is 11.3. The Kier molecular flexibility index (Phi) is 5.56. The van der Waals surface area contributed by atoms with Crippen LogP contribution in [0.4, 0.5) is 0 Å². The Bertz CT molecular complexity index is 541. The molecule has 5 nitrogen and oxygen atoms in total. The summed E-state index contributed by atoms with van der Waals surface area (Å²) in [5, 5.41) is 3.33. The van der Waals surface area contributed by atoms with Gasteiger partial charge >= 0.3 is 0 Å². The van der Waals surface area contributed by atoms with Crippen molar-refractivity contribution in [2.24, 2.45) is 0 Å². The molecule has 6 heteroatoms. The summed E-state index contributed by atoms with van der Waals surface area (Å²) < 4.78 is 30.5. The normalized spacial score (nSPS) is 14.1. The van der Waals surface area contributed by atoms with E-state index >= 15 is 0 Å². The minimum absolute atomic E-state index is 0.0618. The van der Waals surface area contributed by atoms with E-state index < -0.39 is 15.6 Å². The van der Waals surface area contributed by atoms with Crippen molar-refractivity contribution < 1.29 is 13.2 Å². The molecule has 0 aliphatic rings. The van der Waals surface area contributed by atoms with Crippen molar-refractivity contribution in [3.05, 3.63) is 29.8 Å². The molecule has 0 aliphatic heterocycles. The van der Waals surface area contributed by atoms with E-state index in [-0.39, 0.29) is 6.04 Å². The molecule has 0 radical (unpaired) electrons.